The Morgan fingerprint density at radius 3 is 2.80 bits per heavy atom. The van der Waals surface area contributed by atoms with Gasteiger partial charge in [0.05, 0.1) is 20.1 Å². The van der Waals surface area contributed by atoms with Crippen LogP contribution in [0.25, 0.3) is 0 Å². The zero-order chi connectivity index (χ0) is 17.8. The summed E-state index contributed by atoms with van der Waals surface area (Å²) < 4.78 is 16.5. The average molecular weight is 342 g/mol. The third-order valence-corrected chi connectivity index (χ3v) is 4.31. The lowest BCUT2D eigenvalue weighted by Crippen LogP contribution is -2.21. The van der Waals surface area contributed by atoms with Gasteiger partial charge >= 0.3 is 5.97 Å². The van der Waals surface area contributed by atoms with Crippen molar-refractivity contribution >= 4 is 5.97 Å². The van der Waals surface area contributed by atoms with Crippen LogP contribution in [0.3, 0.4) is 0 Å². The molecule has 0 aliphatic carbocycles. The van der Waals surface area contributed by atoms with Crippen molar-refractivity contribution in [2.45, 2.75) is 32.1 Å². The van der Waals surface area contributed by atoms with E-state index in [1.54, 1.807) is 19.2 Å². The highest BCUT2D eigenvalue weighted by Crippen LogP contribution is 2.42. The van der Waals surface area contributed by atoms with E-state index in [4.69, 9.17) is 14.2 Å². The molecule has 0 amide bonds. The van der Waals surface area contributed by atoms with Crippen molar-refractivity contribution in [2.75, 3.05) is 13.7 Å². The van der Waals surface area contributed by atoms with Crippen LogP contribution in [-0.2, 0) is 4.79 Å². The molecule has 1 aliphatic heterocycles. The van der Waals surface area contributed by atoms with Crippen LogP contribution in [0.15, 0.2) is 36.4 Å². The molecular weight excluding hydrogens is 320 g/mol. The summed E-state index contributed by atoms with van der Waals surface area (Å²) in [5.41, 5.74) is 1.83. The second kappa shape index (κ2) is 7.47. The Balaban J connectivity index is 1.96. The first-order valence-corrected chi connectivity index (χ1v) is 8.46. The van der Waals surface area contributed by atoms with Gasteiger partial charge in [-0.15, -0.1) is 0 Å². The maximum Gasteiger partial charge on any atom is 0.312 e. The Bertz CT molecular complexity index is 769. The van der Waals surface area contributed by atoms with Gasteiger partial charge in [0, 0.05) is 17.5 Å². The second-order valence-corrected chi connectivity index (χ2v) is 6.07. The van der Waals surface area contributed by atoms with Gasteiger partial charge < -0.3 is 19.3 Å². The topological polar surface area (TPSA) is 65.0 Å². The van der Waals surface area contributed by atoms with E-state index in [9.17, 15) is 9.90 Å². The molecule has 0 spiro atoms. The predicted octanol–water partition coefficient (Wildman–Crippen LogP) is 4.02. The second-order valence-electron chi connectivity index (χ2n) is 6.07. The number of esters is 1. The molecule has 132 valence electrons. The van der Waals surface area contributed by atoms with Gasteiger partial charge in [-0.05, 0) is 30.2 Å². The van der Waals surface area contributed by atoms with Crippen LogP contribution in [0.4, 0.5) is 0 Å². The monoisotopic (exact) mass is 342 g/mol. The Kier molecular flexibility index (Phi) is 5.12. The van der Waals surface area contributed by atoms with Gasteiger partial charge in [-0.3, -0.25) is 4.79 Å². The van der Waals surface area contributed by atoms with Crippen LogP contribution in [0.5, 0.6) is 23.0 Å². The minimum atomic E-state index is -0.313. The molecule has 1 N–H and O–H groups in total. The van der Waals surface area contributed by atoms with E-state index < -0.39 is 0 Å². The lowest BCUT2D eigenvalue weighted by Gasteiger charge is -2.25. The first kappa shape index (κ1) is 17.1. The molecule has 0 bridgehead atoms. The molecular formula is C20H22O5. The summed E-state index contributed by atoms with van der Waals surface area (Å²) >= 11 is 0. The van der Waals surface area contributed by atoms with Crippen molar-refractivity contribution in [1.29, 1.82) is 0 Å². The third-order valence-electron chi connectivity index (χ3n) is 4.31. The fourth-order valence-corrected chi connectivity index (χ4v) is 2.99. The number of phenols is 1. The summed E-state index contributed by atoms with van der Waals surface area (Å²) in [6, 6.07) is 10.6. The fourth-order valence-electron chi connectivity index (χ4n) is 2.99. The average Bonchev–Trinajstić information content (AvgIpc) is 2.60. The van der Waals surface area contributed by atoms with E-state index in [1.165, 1.54) is 6.07 Å². The first-order valence-electron chi connectivity index (χ1n) is 8.46. The quantitative estimate of drug-likeness (QED) is 0.488. The van der Waals surface area contributed by atoms with Crippen molar-refractivity contribution in [2.24, 2.45) is 0 Å². The minimum Gasteiger partial charge on any atom is -0.508 e. The lowest BCUT2D eigenvalue weighted by molar-refractivity contribution is -0.135. The number of benzene rings is 2. The standard InChI is InChI=1S/C20H22O5/c1-3-4-9-24-19-10-13(5-8-17(19)23-2)16-12-20(22)25-18-11-14(21)6-7-15(16)18/h5-8,10-11,16,21H,3-4,9,12H2,1-2H3. The number of methoxy groups -OCH3 is 1. The van der Waals surface area contributed by atoms with Gasteiger partial charge in [0.15, 0.2) is 11.5 Å². The zero-order valence-corrected chi connectivity index (χ0v) is 14.5. The normalized spacial score (nSPS) is 16.1. The van der Waals surface area contributed by atoms with Crippen molar-refractivity contribution in [3.63, 3.8) is 0 Å². The summed E-state index contributed by atoms with van der Waals surface area (Å²) in [6.45, 7) is 2.73. The number of ether oxygens (including phenoxy) is 3. The van der Waals surface area contributed by atoms with E-state index in [0.29, 0.717) is 23.9 Å². The molecule has 1 aliphatic rings. The molecule has 2 aromatic rings. The van der Waals surface area contributed by atoms with E-state index >= 15 is 0 Å². The van der Waals surface area contributed by atoms with Gasteiger partial charge in [-0.25, -0.2) is 0 Å². The number of carbonyl (C=O) groups excluding carboxylic acids is 1. The summed E-state index contributed by atoms with van der Waals surface area (Å²) in [6.07, 6.45) is 2.26. The highest BCUT2D eigenvalue weighted by Gasteiger charge is 2.29. The molecule has 1 atom stereocenters. The number of aromatic hydroxyl groups is 1. The van der Waals surface area contributed by atoms with Crippen LogP contribution in [-0.4, -0.2) is 24.8 Å². The molecule has 3 rings (SSSR count). The zero-order valence-electron chi connectivity index (χ0n) is 14.5. The number of hydrogen-bond donors (Lipinski definition) is 1. The largest absolute Gasteiger partial charge is 0.508 e. The van der Waals surface area contributed by atoms with Crippen LogP contribution in [0.2, 0.25) is 0 Å². The molecule has 1 heterocycles. The van der Waals surface area contributed by atoms with Gasteiger partial charge in [0.2, 0.25) is 0 Å². The van der Waals surface area contributed by atoms with Crippen molar-refractivity contribution in [3.05, 3.63) is 47.5 Å². The third kappa shape index (κ3) is 3.71. The number of hydrogen-bond acceptors (Lipinski definition) is 5. The van der Waals surface area contributed by atoms with E-state index in [0.717, 1.165) is 24.0 Å². The Hall–Kier alpha value is -2.69. The Labute approximate surface area is 147 Å². The molecule has 0 fully saturated rings. The van der Waals surface area contributed by atoms with E-state index in [2.05, 4.69) is 6.92 Å². The van der Waals surface area contributed by atoms with Crippen molar-refractivity contribution < 1.29 is 24.1 Å². The number of fused-ring (bicyclic) bond motifs is 1. The maximum atomic E-state index is 12.0. The highest BCUT2D eigenvalue weighted by atomic mass is 16.5. The summed E-state index contributed by atoms with van der Waals surface area (Å²) in [7, 11) is 1.61. The van der Waals surface area contributed by atoms with Gasteiger partial charge in [0.1, 0.15) is 11.5 Å². The number of phenolic OH excluding ortho intramolecular Hbond substituents is 1. The predicted molar refractivity (Wildman–Crippen MR) is 93.6 cm³/mol. The van der Waals surface area contributed by atoms with Gasteiger partial charge in [0.25, 0.3) is 0 Å². The van der Waals surface area contributed by atoms with Crippen LogP contribution >= 0.6 is 0 Å². The van der Waals surface area contributed by atoms with E-state index in [-0.39, 0.29) is 24.1 Å². The Morgan fingerprint density at radius 1 is 1.20 bits per heavy atom. The molecule has 5 heteroatoms. The van der Waals surface area contributed by atoms with Gasteiger partial charge in [-0.1, -0.05) is 25.5 Å². The molecule has 0 saturated carbocycles. The van der Waals surface area contributed by atoms with Gasteiger partial charge in [-0.2, -0.15) is 0 Å². The summed E-state index contributed by atoms with van der Waals surface area (Å²) in [5.74, 6) is 1.37. The van der Waals surface area contributed by atoms with E-state index in [1.807, 2.05) is 18.2 Å². The number of rotatable bonds is 6. The fraction of sp³-hybridized carbons (Fsp3) is 0.350. The Morgan fingerprint density at radius 2 is 2.04 bits per heavy atom. The SMILES string of the molecule is CCCCOc1cc(C2CC(=O)Oc3cc(O)ccc32)ccc1OC. The maximum absolute atomic E-state index is 12.0. The van der Waals surface area contributed by atoms with Crippen LogP contribution < -0.4 is 14.2 Å². The molecule has 25 heavy (non-hydrogen) atoms. The molecule has 0 radical (unpaired) electrons. The lowest BCUT2D eigenvalue weighted by atomic mass is 9.86. The van der Waals surface area contributed by atoms with Crippen molar-refractivity contribution in [3.8, 4) is 23.0 Å². The number of unbranched alkanes of at least 4 members (excludes halogenated alkanes) is 1. The van der Waals surface area contributed by atoms with Crippen LogP contribution in [0, 0.1) is 0 Å². The molecule has 2 aromatic carbocycles. The molecule has 5 nitrogen and oxygen atoms in total. The first-order chi connectivity index (χ1) is 12.1. The minimum absolute atomic E-state index is 0.0746. The summed E-state index contributed by atoms with van der Waals surface area (Å²) in [4.78, 5) is 12.0. The number of carbonyl (C=O) groups is 1. The highest BCUT2D eigenvalue weighted by molar-refractivity contribution is 5.78. The van der Waals surface area contributed by atoms with Crippen molar-refractivity contribution in [1.82, 2.24) is 0 Å². The van der Waals surface area contributed by atoms with Crippen LogP contribution in [0.1, 0.15) is 43.2 Å². The molecule has 1 unspecified atom stereocenters. The molecule has 0 aromatic heterocycles. The smallest absolute Gasteiger partial charge is 0.312 e. The molecule has 0 saturated heterocycles. The summed E-state index contributed by atoms with van der Waals surface area (Å²) in [5, 5.41) is 9.64.